The molecule has 0 saturated heterocycles. The van der Waals surface area contributed by atoms with Crippen LogP contribution in [0.1, 0.15) is 32.1 Å². The van der Waals surface area contributed by atoms with E-state index < -0.39 is 7.26 Å². The van der Waals surface area contributed by atoms with Gasteiger partial charge >= 0.3 is 0 Å². The third-order valence-corrected chi connectivity index (χ3v) is 10.6. The van der Waals surface area contributed by atoms with Gasteiger partial charge in [-0.15, -0.1) is 0 Å². The van der Waals surface area contributed by atoms with Crippen LogP contribution < -0.4 is 28.3 Å². The van der Waals surface area contributed by atoms with E-state index in [4.69, 9.17) is 0 Å². The van der Waals surface area contributed by atoms with Crippen molar-refractivity contribution < 1.29 is 12.4 Å². The van der Waals surface area contributed by atoms with Gasteiger partial charge in [-0.1, -0.05) is 61.0 Å². The molecule has 4 rings (SSSR count). The molecular formula is C24H26ClP. The summed E-state index contributed by atoms with van der Waals surface area (Å²) in [6.07, 6.45) is 6.85. The first-order valence-electron chi connectivity index (χ1n) is 9.48. The summed E-state index contributed by atoms with van der Waals surface area (Å²) in [6.45, 7) is 0. The average molecular weight is 381 g/mol. The maximum Gasteiger partial charge on any atom is 0.115 e. The van der Waals surface area contributed by atoms with Gasteiger partial charge in [0, 0.05) is 0 Å². The highest BCUT2D eigenvalue weighted by molar-refractivity contribution is 7.96. The normalized spacial score (nSPS) is 15.2. The Morgan fingerprint density at radius 2 is 0.846 bits per heavy atom. The molecular weight excluding hydrogens is 355 g/mol. The molecule has 0 unspecified atom stereocenters. The Hall–Kier alpha value is -1.62. The summed E-state index contributed by atoms with van der Waals surface area (Å²) in [5.41, 5.74) is 0.758. The van der Waals surface area contributed by atoms with Gasteiger partial charge in [0.25, 0.3) is 0 Å². The fourth-order valence-electron chi connectivity index (χ4n) is 4.54. The van der Waals surface area contributed by atoms with Crippen molar-refractivity contribution in [3.63, 3.8) is 0 Å². The number of hydrogen-bond acceptors (Lipinski definition) is 0. The molecule has 0 amide bonds. The molecule has 26 heavy (non-hydrogen) atoms. The van der Waals surface area contributed by atoms with Crippen LogP contribution in [-0.4, -0.2) is 5.66 Å². The molecule has 1 fully saturated rings. The van der Waals surface area contributed by atoms with Crippen LogP contribution >= 0.6 is 7.26 Å². The SMILES string of the molecule is [Cl-].c1ccc([P+](c2ccccc2)(c2ccccc2)C2CCCCC2)cc1. The zero-order chi connectivity index (χ0) is 17.0. The minimum atomic E-state index is -1.63. The fourth-order valence-corrected chi connectivity index (χ4v) is 9.76. The molecule has 0 heterocycles. The highest BCUT2D eigenvalue weighted by atomic mass is 35.5. The lowest BCUT2D eigenvalue weighted by Gasteiger charge is -2.36. The van der Waals surface area contributed by atoms with Gasteiger partial charge in [-0.25, -0.2) is 0 Å². The van der Waals surface area contributed by atoms with Crippen LogP contribution in [0.15, 0.2) is 91.0 Å². The summed E-state index contributed by atoms with van der Waals surface area (Å²) in [7, 11) is -1.63. The smallest absolute Gasteiger partial charge is 0.115 e. The summed E-state index contributed by atoms with van der Waals surface area (Å²) >= 11 is 0. The Morgan fingerprint density at radius 3 is 1.19 bits per heavy atom. The van der Waals surface area contributed by atoms with Crippen LogP contribution in [0.5, 0.6) is 0 Å². The van der Waals surface area contributed by atoms with Crippen molar-refractivity contribution in [2.75, 3.05) is 0 Å². The van der Waals surface area contributed by atoms with Crippen molar-refractivity contribution >= 4 is 23.2 Å². The van der Waals surface area contributed by atoms with Gasteiger partial charge in [-0.3, -0.25) is 0 Å². The van der Waals surface area contributed by atoms with Crippen molar-refractivity contribution in [2.24, 2.45) is 0 Å². The molecule has 134 valence electrons. The van der Waals surface area contributed by atoms with E-state index >= 15 is 0 Å². The maximum atomic E-state index is 2.38. The summed E-state index contributed by atoms with van der Waals surface area (Å²) < 4.78 is 0. The van der Waals surface area contributed by atoms with E-state index in [2.05, 4.69) is 91.0 Å². The second-order valence-electron chi connectivity index (χ2n) is 7.02. The Kier molecular flexibility index (Phi) is 6.52. The second kappa shape index (κ2) is 8.85. The van der Waals surface area contributed by atoms with Crippen LogP contribution in [0, 0.1) is 0 Å². The molecule has 2 heteroatoms. The van der Waals surface area contributed by atoms with E-state index in [0.29, 0.717) is 0 Å². The van der Waals surface area contributed by atoms with Crippen molar-refractivity contribution in [3.8, 4) is 0 Å². The summed E-state index contributed by atoms with van der Waals surface area (Å²) in [5, 5.41) is 4.62. The number of halogens is 1. The molecule has 0 aromatic heterocycles. The Labute approximate surface area is 164 Å². The summed E-state index contributed by atoms with van der Waals surface area (Å²) in [5.74, 6) is 0. The Bertz CT molecular complexity index is 684. The summed E-state index contributed by atoms with van der Waals surface area (Å²) in [6, 6.07) is 34.0. The lowest BCUT2D eigenvalue weighted by molar-refractivity contribution is -0.00000487. The molecule has 0 N–H and O–H groups in total. The summed E-state index contributed by atoms with van der Waals surface area (Å²) in [4.78, 5) is 0. The van der Waals surface area contributed by atoms with Gasteiger partial charge in [-0.2, -0.15) is 0 Å². The first kappa shape index (κ1) is 19.2. The van der Waals surface area contributed by atoms with E-state index in [1.165, 1.54) is 32.1 Å². The molecule has 3 aromatic rings. The first-order chi connectivity index (χ1) is 12.4. The third kappa shape index (κ3) is 3.46. The van der Waals surface area contributed by atoms with E-state index in [1.54, 1.807) is 15.9 Å². The van der Waals surface area contributed by atoms with Gasteiger partial charge in [0.15, 0.2) is 0 Å². The van der Waals surface area contributed by atoms with Crippen molar-refractivity contribution in [2.45, 2.75) is 37.8 Å². The van der Waals surface area contributed by atoms with Gasteiger partial charge in [0.2, 0.25) is 0 Å². The quantitative estimate of drug-likeness (QED) is 0.609. The molecule has 0 bridgehead atoms. The van der Waals surface area contributed by atoms with Gasteiger partial charge in [0.05, 0.1) is 5.66 Å². The van der Waals surface area contributed by atoms with Crippen LogP contribution in [0.4, 0.5) is 0 Å². The fraction of sp³-hybridized carbons (Fsp3) is 0.250. The average Bonchev–Trinajstić information content (AvgIpc) is 2.72. The predicted molar refractivity (Wildman–Crippen MR) is 112 cm³/mol. The van der Waals surface area contributed by atoms with E-state index in [1.807, 2.05) is 0 Å². The van der Waals surface area contributed by atoms with Crippen molar-refractivity contribution in [1.29, 1.82) is 0 Å². The second-order valence-corrected chi connectivity index (χ2v) is 10.7. The molecule has 1 aliphatic rings. The van der Waals surface area contributed by atoms with Crippen LogP contribution in [0.25, 0.3) is 0 Å². The van der Waals surface area contributed by atoms with E-state index in [9.17, 15) is 0 Å². The molecule has 1 saturated carbocycles. The predicted octanol–water partition coefficient (Wildman–Crippen LogP) is 2.32. The van der Waals surface area contributed by atoms with E-state index in [-0.39, 0.29) is 12.4 Å². The lowest BCUT2D eigenvalue weighted by Crippen LogP contribution is -3.00. The van der Waals surface area contributed by atoms with Crippen molar-refractivity contribution in [1.82, 2.24) is 0 Å². The Morgan fingerprint density at radius 1 is 0.500 bits per heavy atom. The van der Waals surface area contributed by atoms with Gasteiger partial charge < -0.3 is 12.4 Å². The number of benzene rings is 3. The van der Waals surface area contributed by atoms with Gasteiger partial charge in [-0.05, 0) is 62.1 Å². The molecule has 0 spiro atoms. The first-order valence-corrected chi connectivity index (χ1v) is 11.3. The highest BCUT2D eigenvalue weighted by Crippen LogP contribution is 2.63. The van der Waals surface area contributed by atoms with Crippen LogP contribution in [-0.2, 0) is 0 Å². The van der Waals surface area contributed by atoms with Crippen molar-refractivity contribution in [3.05, 3.63) is 91.0 Å². The third-order valence-electron chi connectivity index (χ3n) is 5.61. The number of hydrogen-bond donors (Lipinski definition) is 0. The zero-order valence-electron chi connectivity index (χ0n) is 15.1. The van der Waals surface area contributed by atoms with Crippen LogP contribution in [0.3, 0.4) is 0 Å². The molecule has 3 aromatic carbocycles. The monoisotopic (exact) mass is 380 g/mol. The minimum absolute atomic E-state index is 0. The largest absolute Gasteiger partial charge is 1.00 e. The molecule has 0 radical (unpaired) electrons. The molecule has 1 aliphatic carbocycles. The molecule has 0 aliphatic heterocycles. The topological polar surface area (TPSA) is 0 Å². The lowest BCUT2D eigenvalue weighted by atomic mass is 10.0. The highest BCUT2D eigenvalue weighted by Gasteiger charge is 2.51. The molecule has 0 atom stereocenters. The van der Waals surface area contributed by atoms with E-state index in [0.717, 1.165) is 5.66 Å². The maximum absolute atomic E-state index is 2.38. The van der Waals surface area contributed by atoms with Gasteiger partial charge in [0.1, 0.15) is 23.2 Å². The minimum Gasteiger partial charge on any atom is -1.00 e. The Balaban J connectivity index is 0.00000196. The zero-order valence-corrected chi connectivity index (χ0v) is 16.7. The van der Waals surface area contributed by atoms with Crippen LogP contribution in [0.2, 0.25) is 0 Å². The number of rotatable bonds is 4. The standard InChI is InChI=1S/C24H26P.ClH/c1-5-13-21(14-6-1)25(22-15-7-2-8-16-22,23-17-9-3-10-18-23)24-19-11-4-12-20-24;/h1-3,5-10,13-18,24H,4,11-12,19-20H2;1H/q+1;/p-1. The molecule has 0 nitrogen and oxygen atoms in total.